The van der Waals surface area contributed by atoms with Crippen LogP contribution in [-0.4, -0.2) is 67.6 Å². The SMILES string of the molecule is CNc1cc(-c2cn(C3CCOCC3)c3ncc(F)cc23)nc2c(C(=O)N[C@H]3CC[C@@H]3O)cnn12. The number of amides is 1. The van der Waals surface area contributed by atoms with E-state index in [0.717, 1.165) is 24.8 Å². The van der Waals surface area contributed by atoms with Gasteiger partial charge in [0.2, 0.25) is 0 Å². The number of rotatable bonds is 5. The van der Waals surface area contributed by atoms with Gasteiger partial charge in [-0.3, -0.25) is 4.79 Å². The zero-order valence-electron chi connectivity index (χ0n) is 19.2. The minimum absolute atomic E-state index is 0.190. The molecular weight excluding hydrogens is 453 g/mol. The summed E-state index contributed by atoms with van der Waals surface area (Å²) in [6, 6.07) is 3.22. The van der Waals surface area contributed by atoms with Gasteiger partial charge in [0.25, 0.3) is 5.91 Å². The van der Waals surface area contributed by atoms with Crippen molar-refractivity contribution in [1.29, 1.82) is 0 Å². The molecule has 0 bridgehead atoms. The second kappa shape index (κ2) is 8.58. The summed E-state index contributed by atoms with van der Waals surface area (Å²) >= 11 is 0. The average Bonchev–Trinajstić information content (AvgIpc) is 3.47. The van der Waals surface area contributed by atoms with Gasteiger partial charge in [-0.15, -0.1) is 0 Å². The molecule has 1 saturated heterocycles. The molecule has 1 aliphatic carbocycles. The van der Waals surface area contributed by atoms with E-state index in [2.05, 4.69) is 25.3 Å². The lowest BCUT2D eigenvalue weighted by Crippen LogP contribution is -2.50. The molecule has 2 aliphatic rings. The maximum atomic E-state index is 14.3. The van der Waals surface area contributed by atoms with Gasteiger partial charge in [-0.2, -0.15) is 9.61 Å². The second-order valence-corrected chi connectivity index (χ2v) is 9.11. The van der Waals surface area contributed by atoms with Crippen molar-refractivity contribution >= 4 is 28.4 Å². The van der Waals surface area contributed by atoms with Gasteiger partial charge in [0.15, 0.2) is 5.65 Å². The molecule has 0 radical (unpaired) electrons. The van der Waals surface area contributed by atoms with Gasteiger partial charge in [-0.25, -0.2) is 14.4 Å². The highest BCUT2D eigenvalue weighted by Gasteiger charge is 2.31. The fourth-order valence-electron chi connectivity index (χ4n) is 4.89. The Hall–Kier alpha value is -3.57. The van der Waals surface area contributed by atoms with Crippen LogP contribution in [0.5, 0.6) is 0 Å². The summed E-state index contributed by atoms with van der Waals surface area (Å²) in [6.07, 6.45) is 7.23. The standard InChI is InChI=1S/C24H26FN7O3/c1-26-21-9-19(29-23-16(11-28-32(21)23)24(34)30-18-2-3-20(18)33)17-12-31(14-4-6-35-7-5-14)22-15(17)8-13(25)10-27-22/h8-12,14,18,20,26,33H,2-7H2,1H3,(H,30,34)/t18-,20-/m0/s1. The van der Waals surface area contributed by atoms with Gasteiger partial charge >= 0.3 is 0 Å². The molecule has 2 fully saturated rings. The first kappa shape index (κ1) is 21.9. The monoisotopic (exact) mass is 479 g/mol. The molecule has 1 saturated carbocycles. The topological polar surface area (TPSA) is 119 Å². The summed E-state index contributed by atoms with van der Waals surface area (Å²) in [5.74, 6) is -0.140. The van der Waals surface area contributed by atoms with E-state index in [9.17, 15) is 14.3 Å². The predicted octanol–water partition coefficient (Wildman–Crippen LogP) is 2.53. The second-order valence-electron chi connectivity index (χ2n) is 9.11. The average molecular weight is 480 g/mol. The lowest BCUT2D eigenvalue weighted by molar-refractivity contribution is 0.0448. The molecule has 0 aromatic carbocycles. The minimum Gasteiger partial charge on any atom is -0.391 e. The Balaban J connectivity index is 1.48. The number of nitrogens with zero attached hydrogens (tertiary/aromatic N) is 5. The van der Waals surface area contributed by atoms with Crippen LogP contribution in [0.3, 0.4) is 0 Å². The summed E-state index contributed by atoms with van der Waals surface area (Å²) in [4.78, 5) is 22.2. The van der Waals surface area contributed by atoms with E-state index in [1.165, 1.54) is 18.5 Å². The molecule has 0 unspecified atom stereocenters. The molecule has 5 heterocycles. The number of carbonyl (C=O) groups is 1. The Bertz CT molecular complexity index is 1430. The maximum Gasteiger partial charge on any atom is 0.257 e. The molecule has 2 atom stereocenters. The number of fused-ring (bicyclic) bond motifs is 2. The van der Waals surface area contributed by atoms with Crippen LogP contribution >= 0.6 is 0 Å². The summed E-state index contributed by atoms with van der Waals surface area (Å²) in [5, 5.41) is 20.8. The van der Waals surface area contributed by atoms with Crippen LogP contribution in [0.15, 0.2) is 30.7 Å². The van der Waals surface area contributed by atoms with Crippen molar-refractivity contribution in [3.8, 4) is 11.3 Å². The number of hydrogen-bond acceptors (Lipinski definition) is 7. The highest BCUT2D eigenvalue weighted by atomic mass is 19.1. The molecule has 182 valence electrons. The van der Waals surface area contributed by atoms with Gasteiger partial charge < -0.3 is 25.0 Å². The Morgan fingerprint density at radius 3 is 2.71 bits per heavy atom. The van der Waals surface area contributed by atoms with Crippen LogP contribution in [-0.2, 0) is 4.74 Å². The molecular formula is C24H26FN7O3. The third-order valence-corrected chi connectivity index (χ3v) is 7.02. The molecule has 3 N–H and O–H groups in total. The van der Waals surface area contributed by atoms with Crippen LogP contribution in [0.4, 0.5) is 10.2 Å². The van der Waals surface area contributed by atoms with Crippen molar-refractivity contribution in [2.24, 2.45) is 0 Å². The minimum atomic E-state index is -0.532. The Morgan fingerprint density at radius 2 is 2.00 bits per heavy atom. The first-order valence-electron chi connectivity index (χ1n) is 11.8. The number of aliphatic hydroxyl groups excluding tert-OH is 1. The quantitative estimate of drug-likeness (QED) is 0.403. The smallest absolute Gasteiger partial charge is 0.257 e. The van der Waals surface area contributed by atoms with Gasteiger partial charge in [0.05, 0.1) is 30.2 Å². The number of carbonyl (C=O) groups excluding carboxylic acids is 1. The van der Waals surface area contributed by atoms with Crippen LogP contribution < -0.4 is 10.6 Å². The van der Waals surface area contributed by atoms with Gasteiger partial charge in [-0.05, 0) is 31.7 Å². The first-order chi connectivity index (χ1) is 17.0. The number of aliphatic hydroxyl groups is 1. The normalized spacial score (nSPS) is 20.8. The zero-order chi connectivity index (χ0) is 24.1. The largest absolute Gasteiger partial charge is 0.391 e. The summed E-state index contributed by atoms with van der Waals surface area (Å²) in [5.41, 5.74) is 2.66. The van der Waals surface area contributed by atoms with E-state index < -0.39 is 11.9 Å². The van der Waals surface area contributed by atoms with E-state index in [0.29, 0.717) is 53.4 Å². The van der Waals surface area contributed by atoms with Crippen molar-refractivity contribution < 1.29 is 19.0 Å². The van der Waals surface area contributed by atoms with Crippen LogP contribution in [0, 0.1) is 5.82 Å². The molecule has 4 aromatic heterocycles. The van der Waals surface area contributed by atoms with E-state index in [-0.39, 0.29) is 18.0 Å². The number of nitrogens with one attached hydrogen (secondary N) is 2. The number of pyridine rings is 1. The van der Waals surface area contributed by atoms with E-state index >= 15 is 0 Å². The third kappa shape index (κ3) is 3.71. The van der Waals surface area contributed by atoms with E-state index in [1.54, 1.807) is 11.6 Å². The van der Waals surface area contributed by atoms with Crippen molar-refractivity contribution in [2.45, 2.75) is 43.9 Å². The number of halogens is 1. The number of aromatic nitrogens is 5. The zero-order valence-corrected chi connectivity index (χ0v) is 19.2. The summed E-state index contributed by atoms with van der Waals surface area (Å²) < 4.78 is 23.4. The first-order valence-corrected chi connectivity index (χ1v) is 11.8. The number of hydrogen-bond donors (Lipinski definition) is 3. The summed E-state index contributed by atoms with van der Waals surface area (Å²) in [6.45, 7) is 1.33. The highest BCUT2D eigenvalue weighted by Crippen LogP contribution is 2.35. The number of ether oxygens (including phenoxy) is 1. The van der Waals surface area contributed by atoms with Crippen LogP contribution in [0.25, 0.3) is 27.9 Å². The predicted molar refractivity (Wildman–Crippen MR) is 127 cm³/mol. The fourth-order valence-corrected chi connectivity index (χ4v) is 4.89. The van der Waals surface area contributed by atoms with E-state index in [4.69, 9.17) is 9.72 Å². The van der Waals surface area contributed by atoms with Gasteiger partial charge in [0.1, 0.15) is 22.8 Å². The lowest BCUT2D eigenvalue weighted by Gasteiger charge is -2.32. The van der Waals surface area contributed by atoms with Crippen molar-refractivity contribution in [3.63, 3.8) is 0 Å². The lowest BCUT2D eigenvalue weighted by atomic mass is 9.89. The molecule has 35 heavy (non-hydrogen) atoms. The van der Waals surface area contributed by atoms with E-state index in [1.807, 2.05) is 12.3 Å². The molecule has 6 rings (SSSR count). The Kier molecular flexibility index (Phi) is 5.37. The fraction of sp³-hybridized carbons (Fsp3) is 0.417. The van der Waals surface area contributed by atoms with Gasteiger partial charge in [-0.1, -0.05) is 0 Å². The third-order valence-electron chi connectivity index (χ3n) is 7.02. The van der Waals surface area contributed by atoms with Crippen LogP contribution in [0.1, 0.15) is 42.1 Å². The highest BCUT2D eigenvalue weighted by molar-refractivity contribution is 6.01. The van der Waals surface area contributed by atoms with Crippen molar-refractivity contribution in [3.05, 3.63) is 42.1 Å². The Labute approximate surface area is 200 Å². The summed E-state index contributed by atoms with van der Waals surface area (Å²) in [7, 11) is 1.76. The molecule has 4 aromatic rings. The molecule has 10 nitrogen and oxygen atoms in total. The van der Waals surface area contributed by atoms with Crippen molar-refractivity contribution in [1.82, 2.24) is 29.5 Å². The molecule has 1 aliphatic heterocycles. The molecule has 0 spiro atoms. The van der Waals surface area contributed by atoms with Gasteiger partial charge in [0, 0.05) is 49.5 Å². The Morgan fingerprint density at radius 1 is 1.17 bits per heavy atom. The van der Waals surface area contributed by atoms with Crippen LogP contribution in [0.2, 0.25) is 0 Å². The maximum absolute atomic E-state index is 14.3. The van der Waals surface area contributed by atoms with Crippen molar-refractivity contribution in [2.75, 3.05) is 25.6 Å². The molecule has 1 amide bonds. The number of anilines is 1. The molecule has 11 heteroatoms.